The summed E-state index contributed by atoms with van der Waals surface area (Å²) in [4.78, 5) is 38.7. The molecule has 0 N–H and O–H groups in total. The Morgan fingerprint density at radius 2 is 0.680 bits per heavy atom. The molecule has 0 bridgehead atoms. The van der Waals surface area contributed by atoms with Crippen LogP contribution in [0.5, 0.6) is 28.7 Å². The van der Waals surface area contributed by atoms with Crippen LogP contribution in [0, 0.1) is 0 Å². The van der Waals surface area contributed by atoms with Crippen LogP contribution in [-0.2, 0) is 6.54 Å². The predicted octanol–water partition coefficient (Wildman–Crippen LogP) is 16.8. The van der Waals surface area contributed by atoms with E-state index in [9.17, 15) is 14.4 Å². The number of benzene rings is 5. The molecule has 11 nitrogen and oxygen atoms in total. The minimum Gasteiger partial charge on any atom is -0.494 e. The van der Waals surface area contributed by atoms with Crippen molar-refractivity contribution in [3.8, 4) is 40.0 Å². The Morgan fingerprint density at radius 1 is 0.373 bits per heavy atom. The van der Waals surface area contributed by atoms with Gasteiger partial charge in [0.25, 0.3) is 0 Å². The number of hydrogen-bond donors (Lipinski definition) is 0. The van der Waals surface area contributed by atoms with Crippen LogP contribution in [0.15, 0.2) is 128 Å². The molecule has 1 aromatic heterocycles. The van der Waals surface area contributed by atoms with E-state index < -0.39 is 17.9 Å². The first-order valence-electron chi connectivity index (χ1n) is 28.2. The standard InChI is InChI=1S/C64H81N3O8/c1-3-5-7-9-11-13-15-17-19-21-23-25-47-71-56-39-31-53(32-40-56)62(68)74-59-43-29-52(30-44-59)61-50-67(66-65-61)49-51-27-37-58(38-28-51)73-64(70)55-35-45-60(46-36-55)75-63(69)54-33-41-57(42-34-54)72-48-26-24-22-20-18-16-14-12-10-8-6-4-2/h27-46,50H,3-26,47-49H2,1-2H3. The Kier molecular flexibility index (Phi) is 26.0. The van der Waals surface area contributed by atoms with Crippen LogP contribution in [0.3, 0.4) is 0 Å². The fourth-order valence-electron chi connectivity index (χ4n) is 8.85. The summed E-state index contributed by atoms with van der Waals surface area (Å²) >= 11 is 0. The van der Waals surface area contributed by atoms with E-state index >= 15 is 0 Å². The van der Waals surface area contributed by atoms with Gasteiger partial charge in [-0.2, -0.15) is 0 Å². The molecule has 5 aromatic carbocycles. The Bertz CT molecular complexity index is 2520. The highest BCUT2D eigenvalue weighted by molar-refractivity contribution is 5.93. The van der Waals surface area contributed by atoms with Crippen LogP contribution in [-0.4, -0.2) is 46.1 Å². The molecule has 0 aliphatic heterocycles. The third kappa shape index (κ3) is 21.9. The van der Waals surface area contributed by atoms with Gasteiger partial charge < -0.3 is 23.7 Å². The lowest BCUT2D eigenvalue weighted by Gasteiger charge is -2.09. The Labute approximate surface area is 446 Å². The zero-order valence-electron chi connectivity index (χ0n) is 44.8. The molecule has 0 saturated carbocycles. The van der Waals surface area contributed by atoms with Gasteiger partial charge in [-0.05, 0) is 128 Å². The van der Waals surface area contributed by atoms with Gasteiger partial charge in [-0.15, -0.1) is 5.10 Å². The molecular weight excluding hydrogens is 939 g/mol. The smallest absolute Gasteiger partial charge is 0.343 e. The highest BCUT2D eigenvalue weighted by Gasteiger charge is 2.14. The first-order chi connectivity index (χ1) is 36.9. The van der Waals surface area contributed by atoms with Crippen LogP contribution >= 0.6 is 0 Å². The van der Waals surface area contributed by atoms with E-state index in [-0.39, 0.29) is 0 Å². The molecule has 0 aliphatic carbocycles. The van der Waals surface area contributed by atoms with Crippen molar-refractivity contribution < 1.29 is 38.1 Å². The number of carbonyl (C=O) groups excluding carboxylic acids is 3. The summed E-state index contributed by atoms with van der Waals surface area (Å²) in [5.74, 6) is 1.10. The van der Waals surface area contributed by atoms with Crippen LogP contribution < -0.4 is 23.7 Å². The monoisotopic (exact) mass is 1020 g/mol. The van der Waals surface area contributed by atoms with E-state index in [0.29, 0.717) is 59.4 Å². The maximum Gasteiger partial charge on any atom is 0.343 e. The second kappa shape index (κ2) is 33.9. The summed E-state index contributed by atoms with van der Waals surface area (Å²) < 4.78 is 30.4. The van der Waals surface area contributed by atoms with E-state index in [0.717, 1.165) is 41.9 Å². The highest BCUT2D eigenvalue weighted by atomic mass is 16.5. The van der Waals surface area contributed by atoms with Crippen LogP contribution in [0.1, 0.15) is 205 Å². The summed E-state index contributed by atoms with van der Waals surface area (Å²) in [7, 11) is 0. The van der Waals surface area contributed by atoms with Gasteiger partial charge in [0.2, 0.25) is 0 Å². The molecule has 0 fully saturated rings. The molecule has 0 spiro atoms. The van der Waals surface area contributed by atoms with Crippen molar-refractivity contribution in [2.24, 2.45) is 0 Å². The first kappa shape index (κ1) is 57.5. The molecular formula is C64H81N3O8. The van der Waals surface area contributed by atoms with E-state index in [1.54, 1.807) is 89.6 Å². The highest BCUT2D eigenvalue weighted by Crippen LogP contribution is 2.24. The zero-order valence-corrected chi connectivity index (χ0v) is 44.8. The SMILES string of the molecule is CCCCCCCCCCCCCCOc1ccc(C(=O)Oc2ccc(C(=O)Oc3ccc(Cn4cc(-c5ccc(OC(=O)c6ccc(OCCCCCCCCCCCCCC)cc6)cc5)nn4)cc3)cc2)cc1. The molecule has 0 amide bonds. The molecule has 0 saturated heterocycles. The Morgan fingerprint density at radius 3 is 1.04 bits per heavy atom. The van der Waals surface area contributed by atoms with Crippen LogP contribution in [0.2, 0.25) is 0 Å². The van der Waals surface area contributed by atoms with Crippen LogP contribution in [0.25, 0.3) is 11.3 Å². The van der Waals surface area contributed by atoms with Gasteiger partial charge in [-0.3, -0.25) is 0 Å². The molecule has 1 heterocycles. The molecule has 11 heteroatoms. The summed E-state index contributed by atoms with van der Waals surface area (Å²) in [5.41, 5.74) is 3.57. The van der Waals surface area contributed by atoms with Crippen molar-refractivity contribution in [3.63, 3.8) is 0 Å². The normalized spacial score (nSPS) is 11.1. The summed E-state index contributed by atoms with van der Waals surface area (Å²) in [6.07, 6.45) is 33.1. The van der Waals surface area contributed by atoms with Crippen molar-refractivity contribution in [2.75, 3.05) is 13.2 Å². The van der Waals surface area contributed by atoms with Crippen molar-refractivity contribution in [2.45, 2.75) is 174 Å². The molecule has 75 heavy (non-hydrogen) atoms. The van der Waals surface area contributed by atoms with Gasteiger partial charge >= 0.3 is 17.9 Å². The van der Waals surface area contributed by atoms with E-state index in [4.69, 9.17) is 23.7 Å². The van der Waals surface area contributed by atoms with Gasteiger partial charge in [0.1, 0.15) is 34.4 Å². The average Bonchev–Trinajstić information content (AvgIpc) is 3.91. The van der Waals surface area contributed by atoms with Crippen molar-refractivity contribution in [1.29, 1.82) is 0 Å². The number of hydrogen-bond acceptors (Lipinski definition) is 10. The number of nitrogens with zero attached hydrogens (tertiary/aromatic N) is 3. The summed E-state index contributed by atoms with van der Waals surface area (Å²) in [5, 5.41) is 8.63. The molecule has 0 atom stereocenters. The van der Waals surface area contributed by atoms with Crippen LogP contribution in [0.4, 0.5) is 0 Å². The average molecular weight is 1020 g/mol. The third-order valence-corrected chi connectivity index (χ3v) is 13.4. The zero-order chi connectivity index (χ0) is 52.6. The first-order valence-corrected chi connectivity index (χ1v) is 28.2. The molecule has 6 aromatic rings. The fourth-order valence-corrected chi connectivity index (χ4v) is 8.85. The van der Waals surface area contributed by atoms with Gasteiger partial charge in [0.05, 0.1) is 42.6 Å². The Hall–Kier alpha value is -6.75. The number of esters is 3. The quantitative estimate of drug-likeness (QED) is 0.0211. The predicted molar refractivity (Wildman–Crippen MR) is 298 cm³/mol. The number of carbonyl (C=O) groups is 3. The van der Waals surface area contributed by atoms with Crippen molar-refractivity contribution >= 4 is 17.9 Å². The largest absolute Gasteiger partial charge is 0.494 e. The van der Waals surface area contributed by atoms with Gasteiger partial charge in [-0.25, -0.2) is 19.1 Å². The maximum atomic E-state index is 13.0. The molecule has 400 valence electrons. The number of ether oxygens (including phenoxy) is 5. The lowest BCUT2D eigenvalue weighted by molar-refractivity contribution is 0.0723. The molecule has 0 radical (unpaired) electrons. The second-order valence-electron chi connectivity index (χ2n) is 19.7. The molecule has 0 unspecified atom stereocenters. The summed E-state index contributed by atoms with van der Waals surface area (Å²) in [6, 6.07) is 34.6. The lowest BCUT2D eigenvalue weighted by atomic mass is 10.1. The van der Waals surface area contributed by atoms with E-state index in [2.05, 4.69) is 24.2 Å². The maximum absolute atomic E-state index is 13.0. The van der Waals surface area contributed by atoms with E-state index in [1.165, 1.54) is 135 Å². The molecule has 6 rings (SSSR count). The number of aromatic nitrogens is 3. The number of rotatable bonds is 37. The molecule has 0 aliphatic rings. The minimum absolute atomic E-state index is 0.311. The van der Waals surface area contributed by atoms with Gasteiger partial charge in [0.15, 0.2) is 0 Å². The van der Waals surface area contributed by atoms with Crippen molar-refractivity contribution in [3.05, 3.63) is 150 Å². The second-order valence-corrected chi connectivity index (χ2v) is 19.7. The van der Waals surface area contributed by atoms with Gasteiger partial charge in [-0.1, -0.05) is 172 Å². The lowest BCUT2D eigenvalue weighted by Crippen LogP contribution is -2.10. The number of unbranched alkanes of at least 4 members (excludes halogenated alkanes) is 22. The Balaban J connectivity index is 0.831. The van der Waals surface area contributed by atoms with E-state index in [1.807, 2.05) is 42.6 Å². The summed E-state index contributed by atoms with van der Waals surface area (Å²) in [6.45, 7) is 6.29. The van der Waals surface area contributed by atoms with Crippen molar-refractivity contribution in [1.82, 2.24) is 15.0 Å². The fraction of sp³-hybridized carbons (Fsp3) is 0.453. The minimum atomic E-state index is -0.541. The third-order valence-electron chi connectivity index (χ3n) is 13.4. The van der Waals surface area contributed by atoms with Gasteiger partial charge in [0, 0.05) is 5.56 Å². The topological polar surface area (TPSA) is 128 Å².